The number of carbonyl (C=O) groups excluding carboxylic acids is 1. The molecule has 1 aliphatic rings. The minimum atomic E-state index is -0.539. The predicted molar refractivity (Wildman–Crippen MR) is 79.7 cm³/mol. The Hall–Kier alpha value is -1.71. The summed E-state index contributed by atoms with van der Waals surface area (Å²) in [5, 5.41) is 4.01. The van der Waals surface area contributed by atoms with Gasteiger partial charge in [-0.05, 0) is 42.0 Å². The first-order chi connectivity index (χ1) is 9.61. The van der Waals surface area contributed by atoms with Gasteiger partial charge in [-0.15, -0.1) is 0 Å². The van der Waals surface area contributed by atoms with E-state index in [9.17, 15) is 4.79 Å². The van der Waals surface area contributed by atoms with Gasteiger partial charge < -0.3 is 10.1 Å². The predicted octanol–water partition coefficient (Wildman–Crippen LogP) is 3.94. The molecule has 20 heavy (non-hydrogen) atoms. The molecule has 1 aliphatic heterocycles. The summed E-state index contributed by atoms with van der Waals surface area (Å²) in [5.74, 6) is 0.514. The molecule has 3 rings (SSSR count). The number of fused-ring (bicyclic) bond motifs is 1. The Bertz CT molecular complexity index is 673. The van der Waals surface area contributed by atoms with E-state index in [1.165, 1.54) is 0 Å². The molecule has 0 radical (unpaired) electrons. The second-order valence-electron chi connectivity index (χ2n) is 4.56. The van der Waals surface area contributed by atoms with Crippen LogP contribution in [0.15, 0.2) is 42.5 Å². The Labute approximate surface area is 126 Å². The fraction of sp³-hybridized carbons (Fsp3) is 0.133. The van der Waals surface area contributed by atoms with Gasteiger partial charge in [0.1, 0.15) is 5.75 Å². The minimum absolute atomic E-state index is 0.195. The topological polar surface area (TPSA) is 38.3 Å². The Kier molecular flexibility index (Phi) is 3.55. The summed E-state index contributed by atoms with van der Waals surface area (Å²) >= 11 is 11.8. The maximum Gasteiger partial charge on any atom is 0.265 e. The number of carbonyl (C=O) groups is 1. The molecule has 0 aliphatic carbocycles. The summed E-state index contributed by atoms with van der Waals surface area (Å²) in [5.41, 5.74) is 1.60. The largest absolute Gasteiger partial charge is 0.480 e. The van der Waals surface area contributed by atoms with E-state index in [1.807, 2.05) is 6.07 Å². The van der Waals surface area contributed by atoms with E-state index in [4.69, 9.17) is 27.9 Å². The van der Waals surface area contributed by atoms with Crippen LogP contribution >= 0.6 is 23.2 Å². The first-order valence-corrected chi connectivity index (χ1v) is 6.89. The van der Waals surface area contributed by atoms with Crippen molar-refractivity contribution in [1.29, 1.82) is 0 Å². The highest BCUT2D eigenvalue weighted by atomic mass is 35.5. The fourth-order valence-electron chi connectivity index (χ4n) is 2.15. The average Bonchev–Trinajstić information content (AvgIpc) is 2.81. The molecule has 0 saturated carbocycles. The lowest BCUT2D eigenvalue weighted by molar-refractivity contribution is -0.122. The second kappa shape index (κ2) is 5.35. The van der Waals surface area contributed by atoms with Gasteiger partial charge in [-0.3, -0.25) is 4.79 Å². The molecular formula is C15H11Cl2NO2. The van der Waals surface area contributed by atoms with Crippen LogP contribution in [0.1, 0.15) is 5.56 Å². The molecule has 0 saturated heterocycles. The lowest BCUT2D eigenvalue weighted by Gasteiger charge is -2.11. The normalized spacial score (nSPS) is 16.4. The highest BCUT2D eigenvalue weighted by Gasteiger charge is 2.29. The van der Waals surface area contributed by atoms with E-state index in [0.29, 0.717) is 27.9 Å². The zero-order chi connectivity index (χ0) is 14.1. The monoisotopic (exact) mass is 307 g/mol. The van der Waals surface area contributed by atoms with Crippen molar-refractivity contribution in [2.45, 2.75) is 12.5 Å². The molecule has 0 bridgehead atoms. The van der Waals surface area contributed by atoms with Crippen LogP contribution in [0.5, 0.6) is 5.75 Å². The van der Waals surface area contributed by atoms with Crippen molar-refractivity contribution in [3.63, 3.8) is 0 Å². The minimum Gasteiger partial charge on any atom is -0.480 e. The van der Waals surface area contributed by atoms with Crippen molar-refractivity contribution in [2.24, 2.45) is 0 Å². The highest BCUT2D eigenvalue weighted by molar-refractivity contribution is 6.31. The lowest BCUT2D eigenvalue weighted by Crippen LogP contribution is -2.31. The summed E-state index contributed by atoms with van der Waals surface area (Å²) in [6.45, 7) is 0. The van der Waals surface area contributed by atoms with Crippen LogP contribution in [0.3, 0.4) is 0 Å². The van der Waals surface area contributed by atoms with Gasteiger partial charge in [0.2, 0.25) is 0 Å². The lowest BCUT2D eigenvalue weighted by atomic mass is 10.1. The van der Waals surface area contributed by atoms with Crippen LogP contribution in [-0.4, -0.2) is 12.0 Å². The maximum absolute atomic E-state index is 12.2. The third-order valence-corrected chi connectivity index (χ3v) is 3.55. The van der Waals surface area contributed by atoms with Crippen LogP contribution in [0.25, 0.3) is 0 Å². The molecule has 0 fully saturated rings. The zero-order valence-electron chi connectivity index (χ0n) is 10.4. The van der Waals surface area contributed by atoms with Gasteiger partial charge in [0.05, 0.1) is 0 Å². The van der Waals surface area contributed by atoms with Crippen LogP contribution in [0.2, 0.25) is 10.0 Å². The number of amides is 1. The Morgan fingerprint density at radius 2 is 1.95 bits per heavy atom. The smallest absolute Gasteiger partial charge is 0.265 e. The number of hydrogen-bond acceptors (Lipinski definition) is 2. The summed E-state index contributed by atoms with van der Waals surface area (Å²) in [7, 11) is 0. The summed E-state index contributed by atoms with van der Waals surface area (Å²) in [6.07, 6.45) is -0.0232. The maximum atomic E-state index is 12.2. The Morgan fingerprint density at radius 1 is 1.15 bits per heavy atom. The number of nitrogens with one attached hydrogen (secondary N) is 1. The molecule has 1 atom stereocenters. The number of halogens is 2. The van der Waals surface area contributed by atoms with Crippen molar-refractivity contribution in [3.05, 3.63) is 58.1 Å². The molecule has 1 amide bonds. The third kappa shape index (κ3) is 2.74. The molecule has 1 unspecified atom stereocenters. The van der Waals surface area contributed by atoms with Gasteiger partial charge in [0, 0.05) is 22.2 Å². The number of benzene rings is 2. The molecule has 1 N–H and O–H groups in total. The molecular weight excluding hydrogens is 297 g/mol. The van der Waals surface area contributed by atoms with E-state index >= 15 is 0 Å². The zero-order valence-corrected chi connectivity index (χ0v) is 11.9. The van der Waals surface area contributed by atoms with Crippen molar-refractivity contribution >= 4 is 34.8 Å². The highest BCUT2D eigenvalue weighted by Crippen LogP contribution is 2.31. The van der Waals surface area contributed by atoms with Gasteiger partial charge in [0.25, 0.3) is 5.91 Å². The first-order valence-electron chi connectivity index (χ1n) is 6.13. The average molecular weight is 308 g/mol. The Balaban J connectivity index is 1.71. The van der Waals surface area contributed by atoms with Gasteiger partial charge in [-0.1, -0.05) is 29.3 Å². The first kappa shape index (κ1) is 13.3. The number of anilines is 1. The van der Waals surface area contributed by atoms with Gasteiger partial charge in [-0.25, -0.2) is 0 Å². The summed E-state index contributed by atoms with van der Waals surface area (Å²) in [4.78, 5) is 12.2. The van der Waals surface area contributed by atoms with Crippen LogP contribution in [-0.2, 0) is 11.2 Å². The molecule has 1 heterocycles. The molecule has 2 aromatic rings. The van der Waals surface area contributed by atoms with E-state index in [-0.39, 0.29) is 5.91 Å². The second-order valence-corrected chi connectivity index (χ2v) is 5.44. The van der Waals surface area contributed by atoms with E-state index in [0.717, 1.165) is 5.56 Å². The van der Waals surface area contributed by atoms with Crippen molar-refractivity contribution in [1.82, 2.24) is 0 Å². The standard InChI is InChI=1S/C15H11Cl2NO2/c16-10-2-1-3-12(8-10)18-15(19)14-7-9-6-11(17)4-5-13(9)20-14/h1-6,8,14H,7H2,(H,18,19). The van der Waals surface area contributed by atoms with Crippen LogP contribution in [0.4, 0.5) is 5.69 Å². The molecule has 102 valence electrons. The van der Waals surface area contributed by atoms with Crippen molar-refractivity contribution in [2.75, 3.05) is 5.32 Å². The van der Waals surface area contributed by atoms with Crippen molar-refractivity contribution < 1.29 is 9.53 Å². The van der Waals surface area contributed by atoms with Crippen LogP contribution in [0, 0.1) is 0 Å². The van der Waals surface area contributed by atoms with Gasteiger partial charge in [-0.2, -0.15) is 0 Å². The fourth-order valence-corrected chi connectivity index (χ4v) is 2.54. The number of ether oxygens (including phenoxy) is 1. The van der Waals surface area contributed by atoms with Crippen molar-refractivity contribution in [3.8, 4) is 5.75 Å². The van der Waals surface area contributed by atoms with E-state index in [1.54, 1.807) is 36.4 Å². The molecule has 5 heteroatoms. The summed E-state index contributed by atoms with van der Waals surface area (Å²) in [6, 6.07) is 12.4. The molecule has 3 nitrogen and oxygen atoms in total. The van der Waals surface area contributed by atoms with E-state index in [2.05, 4.69) is 5.32 Å². The molecule has 2 aromatic carbocycles. The number of rotatable bonds is 2. The van der Waals surface area contributed by atoms with Gasteiger partial charge >= 0.3 is 0 Å². The molecule has 0 spiro atoms. The summed E-state index contributed by atoms with van der Waals surface area (Å²) < 4.78 is 5.62. The Morgan fingerprint density at radius 3 is 2.75 bits per heavy atom. The number of hydrogen-bond donors (Lipinski definition) is 1. The van der Waals surface area contributed by atoms with Crippen LogP contribution < -0.4 is 10.1 Å². The molecule has 0 aromatic heterocycles. The van der Waals surface area contributed by atoms with Gasteiger partial charge in [0.15, 0.2) is 6.10 Å². The quantitative estimate of drug-likeness (QED) is 0.912. The third-order valence-electron chi connectivity index (χ3n) is 3.08. The van der Waals surface area contributed by atoms with E-state index < -0.39 is 6.10 Å². The SMILES string of the molecule is O=C(Nc1cccc(Cl)c1)C1Cc2cc(Cl)ccc2O1.